The van der Waals surface area contributed by atoms with Crippen molar-refractivity contribution >= 4 is 23.1 Å². The van der Waals surface area contributed by atoms with Gasteiger partial charge in [-0.1, -0.05) is 44.2 Å². The minimum Gasteiger partial charge on any atom is -0.496 e. The number of Topliss-reactive ketones (excluding diaryl/α,β-unsaturated/α-hetero) is 1. The number of ketones is 1. The predicted octanol–water partition coefficient (Wildman–Crippen LogP) is 4.39. The molecule has 5 rings (SSSR count). The summed E-state index contributed by atoms with van der Waals surface area (Å²) in [6.45, 7) is 4.80. The molecule has 2 aromatic carbocycles. The van der Waals surface area contributed by atoms with Gasteiger partial charge >= 0.3 is 0 Å². The van der Waals surface area contributed by atoms with Gasteiger partial charge in [0, 0.05) is 48.1 Å². The number of benzene rings is 2. The van der Waals surface area contributed by atoms with E-state index in [0.29, 0.717) is 30.7 Å². The van der Waals surface area contributed by atoms with Gasteiger partial charge in [-0.15, -0.1) is 0 Å². The van der Waals surface area contributed by atoms with Gasteiger partial charge in [-0.25, -0.2) is 4.98 Å². The number of carbonyl (C=O) groups excluding carboxylic acids is 2. The SMILES string of the molecule is COc1ccccc1C1C2=C(CC(C)(C)CC2=O)Nc2ccccc2N1CC(=O)NCCc1cnc[nH]1. The van der Waals surface area contributed by atoms with Gasteiger partial charge in [0.1, 0.15) is 5.75 Å². The van der Waals surface area contributed by atoms with Crippen LogP contribution in [0.4, 0.5) is 11.4 Å². The molecule has 1 amide bonds. The Morgan fingerprint density at radius 3 is 2.73 bits per heavy atom. The van der Waals surface area contributed by atoms with Crippen LogP contribution in [0.5, 0.6) is 5.75 Å². The maximum absolute atomic E-state index is 13.8. The number of rotatable bonds is 7. The molecule has 8 heteroatoms. The molecule has 0 spiro atoms. The van der Waals surface area contributed by atoms with E-state index < -0.39 is 6.04 Å². The van der Waals surface area contributed by atoms with Crippen LogP contribution in [0, 0.1) is 5.41 Å². The lowest BCUT2D eigenvalue weighted by molar-refractivity contribution is -0.120. The van der Waals surface area contributed by atoms with E-state index in [2.05, 4.69) is 34.4 Å². The summed E-state index contributed by atoms with van der Waals surface area (Å²) in [5.74, 6) is 0.648. The highest BCUT2D eigenvalue weighted by Gasteiger charge is 2.42. The number of amides is 1. The Hall–Kier alpha value is -4.07. The number of imidazole rings is 1. The number of nitrogens with zero attached hydrogens (tertiary/aromatic N) is 2. The lowest BCUT2D eigenvalue weighted by Crippen LogP contribution is -2.42. The number of methoxy groups -OCH3 is 1. The van der Waals surface area contributed by atoms with Crippen LogP contribution in [0.15, 0.2) is 72.3 Å². The third kappa shape index (κ3) is 5.09. The van der Waals surface area contributed by atoms with E-state index in [-0.39, 0.29) is 23.7 Å². The topological polar surface area (TPSA) is 99.3 Å². The molecule has 2 heterocycles. The van der Waals surface area contributed by atoms with Crippen molar-refractivity contribution in [1.82, 2.24) is 15.3 Å². The predicted molar refractivity (Wildman–Crippen MR) is 143 cm³/mol. The first kappa shape index (κ1) is 24.6. The zero-order valence-corrected chi connectivity index (χ0v) is 21.5. The van der Waals surface area contributed by atoms with Crippen molar-refractivity contribution in [2.24, 2.45) is 5.41 Å². The van der Waals surface area contributed by atoms with Gasteiger partial charge in [0.25, 0.3) is 0 Å². The monoisotopic (exact) mass is 499 g/mol. The smallest absolute Gasteiger partial charge is 0.239 e. The van der Waals surface area contributed by atoms with E-state index in [1.165, 1.54) is 0 Å². The molecule has 2 aliphatic rings. The van der Waals surface area contributed by atoms with Gasteiger partial charge in [0.05, 0.1) is 37.4 Å². The molecule has 1 atom stereocenters. The molecular weight excluding hydrogens is 466 g/mol. The molecule has 0 bridgehead atoms. The second-order valence-electron chi connectivity index (χ2n) is 10.4. The summed E-state index contributed by atoms with van der Waals surface area (Å²) in [6.07, 6.45) is 5.22. The number of hydrogen-bond donors (Lipinski definition) is 3. The first-order chi connectivity index (χ1) is 17.9. The quantitative estimate of drug-likeness (QED) is 0.446. The summed E-state index contributed by atoms with van der Waals surface area (Å²) in [6, 6.07) is 15.2. The number of nitrogens with one attached hydrogen (secondary N) is 3. The van der Waals surface area contributed by atoms with Crippen LogP contribution in [-0.4, -0.2) is 41.9 Å². The highest BCUT2D eigenvalue weighted by atomic mass is 16.5. The second kappa shape index (κ2) is 10.1. The maximum atomic E-state index is 13.8. The van der Waals surface area contributed by atoms with Gasteiger partial charge in [0.15, 0.2) is 5.78 Å². The van der Waals surface area contributed by atoms with Crippen LogP contribution in [-0.2, 0) is 16.0 Å². The van der Waals surface area contributed by atoms with E-state index in [0.717, 1.165) is 34.8 Å². The number of anilines is 2. The lowest BCUT2D eigenvalue weighted by atomic mass is 9.73. The number of allylic oxidation sites excluding steroid dienone is 1. The summed E-state index contributed by atoms with van der Waals surface area (Å²) >= 11 is 0. The van der Waals surface area contributed by atoms with Crippen molar-refractivity contribution in [2.75, 3.05) is 30.4 Å². The fourth-order valence-corrected chi connectivity index (χ4v) is 5.41. The number of hydrogen-bond acceptors (Lipinski definition) is 6. The molecule has 0 saturated carbocycles. The molecule has 0 saturated heterocycles. The summed E-state index contributed by atoms with van der Waals surface area (Å²) in [5.41, 5.74) is 5.00. The van der Waals surface area contributed by atoms with Crippen molar-refractivity contribution in [2.45, 2.75) is 39.2 Å². The first-order valence-electron chi connectivity index (χ1n) is 12.6. The van der Waals surface area contributed by atoms with Gasteiger partial charge in [-0.2, -0.15) is 0 Å². The van der Waals surface area contributed by atoms with E-state index >= 15 is 0 Å². The lowest BCUT2D eigenvalue weighted by Gasteiger charge is -2.38. The number of aromatic nitrogens is 2. The van der Waals surface area contributed by atoms with Gasteiger partial charge in [-0.3, -0.25) is 9.59 Å². The number of fused-ring (bicyclic) bond motifs is 1. The number of carbonyl (C=O) groups is 2. The van der Waals surface area contributed by atoms with E-state index in [1.54, 1.807) is 19.6 Å². The van der Waals surface area contributed by atoms with Crippen LogP contribution in [0.2, 0.25) is 0 Å². The number of ether oxygens (including phenoxy) is 1. The minimum atomic E-state index is -0.482. The highest BCUT2D eigenvalue weighted by Crippen LogP contribution is 2.49. The van der Waals surface area contributed by atoms with E-state index in [1.807, 2.05) is 53.4 Å². The third-order valence-corrected chi connectivity index (χ3v) is 7.02. The van der Waals surface area contributed by atoms with Crippen molar-refractivity contribution in [3.05, 3.63) is 83.6 Å². The molecule has 3 N–H and O–H groups in total. The van der Waals surface area contributed by atoms with E-state index in [4.69, 9.17) is 4.74 Å². The Kier molecular flexibility index (Phi) is 6.74. The molecule has 1 aliphatic carbocycles. The number of aromatic amines is 1. The Morgan fingerprint density at radius 1 is 1.16 bits per heavy atom. The molecule has 0 fully saturated rings. The first-order valence-corrected chi connectivity index (χ1v) is 12.6. The second-order valence-corrected chi connectivity index (χ2v) is 10.4. The average Bonchev–Trinajstić information content (AvgIpc) is 3.34. The minimum absolute atomic E-state index is 0.0812. The maximum Gasteiger partial charge on any atom is 0.239 e. The van der Waals surface area contributed by atoms with Crippen LogP contribution in [0.1, 0.15) is 44.0 Å². The fraction of sp³-hybridized carbons (Fsp3) is 0.345. The van der Waals surface area contributed by atoms with Crippen molar-refractivity contribution in [3.63, 3.8) is 0 Å². The van der Waals surface area contributed by atoms with E-state index in [9.17, 15) is 9.59 Å². The molecule has 8 nitrogen and oxygen atoms in total. The molecule has 192 valence electrons. The molecule has 3 aromatic rings. The molecule has 1 unspecified atom stereocenters. The third-order valence-electron chi connectivity index (χ3n) is 7.02. The van der Waals surface area contributed by atoms with Crippen LogP contribution < -0.4 is 20.3 Å². The average molecular weight is 500 g/mol. The molecule has 37 heavy (non-hydrogen) atoms. The fourth-order valence-electron chi connectivity index (χ4n) is 5.41. The van der Waals surface area contributed by atoms with Gasteiger partial charge in [0.2, 0.25) is 5.91 Å². The summed E-state index contributed by atoms with van der Waals surface area (Å²) in [4.78, 5) is 36.2. The van der Waals surface area contributed by atoms with Crippen LogP contribution >= 0.6 is 0 Å². The largest absolute Gasteiger partial charge is 0.496 e. The zero-order valence-electron chi connectivity index (χ0n) is 21.5. The summed E-state index contributed by atoms with van der Waals surface area (Å²) < 4.78 is 5.75. The number of para-hydroxylation sites is 3. The molecule has 1 aliphatic heterocycles. The Balaban J connectivity index is 1.57. The van der Waals surface area contributed by atoms with Crippen molar-refractivity contribution < 1.29 is 14.3 Å². The Bertz CT molecular complexity index is 1330. The molecule has 1 aromatic heterocycles. The summed E-state index contributed by atoms with van der Waals surface area (Å²) in [5, 5.41) is 6.62. The van der Waals surface area contributed by atoms with Crippen LogP contribution in [0.3, 0.4) is 0 Å². The zero-order chi connectivity index (χ0) is 26.0. The molecular formula is C29H33N5O3. The Labute approximate surface area is 217 Å². The van der Waals surface area contributed by atoms with Gasteiger partial charge < -0.3 is 25.3 Å². The van der Waals surface area contributed by atoms with Gasteiger partial charge in [-0.05, 0) is 30.0 Å². The number of H-pyrrole nitrogens is 1. The summed E-state index contributed by atoms with van der Waals surface area (Å²) in [7, 11) is 1.63. The Morgan fingerprint density at radius 2 is 1.95 bits per heavy atom. The van der Waals surface area contributed by atoms with Crippen LogP contribution in [0.25, 0.3) is 0 Å². The normalized spacial score (nSPS) is 18.4. The van der Waals surface area contributed by atoms with Crippen molar-refractivity contribution in [3.8, 4) is 5.75 Å². The molecule has 0 radical (unpaired) electrons. The standard InChI is InChI=1S/C29H33N5O3/c1-29(2)14-22-27(24(35)15-29)28(20-8-4-7-11-25(20)37-3)34(23-10-6-5-9-21(23)33-22)17-26(36)31-13-12-19-16-30-18-32-19/h4-11,16,18,28,33H,12-15,17H2,1-3H3,(H,30,32)(H,31,36). The highest BCUT2D eigenvalue weighted by molar-refractivity contribution is 6.02. The van der Waals surface area contributed by atoms with Crippen molar-refractivity contribution in [1.29, 1.82) is 0 Å².